The van der Waals surface area contributed by atoms with E-state index in [0.29, 0.717) is 40.4 Å². The number of nitrogen functional groups attached to an aromatic ring is 2. The van der Waals surface area contributed by atoms with Gasteiger partial charge in [0.25, 0.3) is 0 Å². The van der Waals surface area contributed by atoms with E-state index in [4.69, 9.17) is 34.7 Å². The van der Waals surface area contributed by atoms with Crippen molar-refractivity contribution in [3.8, 4) is 0 Å². The molecule has 0 amide bonds. The number of halogens is 5. The minimum absolute atomic E-state index is 0.0135. The lowest BCUT2D eigenvalue weighted by molar-refractivity contribution is 0.102. The first kappa shape index (κ1) is 27.7. The molecule has 0 unspecified atom stereocenters. The van der Waals surface area contributed by atoms with Crippen molar-refractivity contribution in [1.82, 2.24) is 9.97 Å². The minimum atomic E-state index is -0.755. The Hall–Kier alpha value is -2.85. The third-order valence-corrected chi connectivity index (χ3v) is 8.16. The normalized spacial score (nSPS) is 13.7. The van der Waals surface area contributed by atoms with Crippen LogP contribution in [0.1, 0.15) is 54.4 Å². The lowest BCUT2D eigenvalue weighted by Gasteiger charge is -2.09. The molecule has 0 fully saturated rings. The molecule has 2 aliphatic rings. The molecule has 2 heterocycles. The number of carbonyl (C=O) groups is 2. The van der Waals surface area contributed by atoms with Gasteiger partial charge in [0.1, 0.15) is 11.4 Å². The Morgan fingerprint density at radius 1 is 0.718 bits per heavy atom. The summed E-state index contributed by atoms with van der Waals surface area (Å²) in [6, 6.07) is 8.77. The number of ketones is 2. The van der Waals surface area contributed by atoms with Crippen LogP contribution in [0.2, 0.25) is 10.0 Å². The van der Waals surface area contributed by atoms with Gasteiger partial charge in [-0.1, -0.05) is 23.2 Å². The van der Waals surface area contributed by atoms with Gasteiger partial charge in [-0.05, 0) is 110 Å². The van der Waals surface area contributed by atoms with E-state index < -0.39 is 11.6 Å². The molecule has 2 aliphatic carbocycles. The highest BCUT2D eigenvalue weighted by molar-refractivity contribution is 9.10. The second-order valence-electron chi connectivity index (χ2n) is 9.13. The molecule has 39 heavy (non-hydrogen) atoms. The van der Waals surface area contributed by atoms with Crippen molar-refractivity contribution >= 4 is 78.0 Å². The molecule has 0 saturated carbocycles. The number of hydrogen-bond acceptors (Lipinski definition) is 6. The van der Waals surface area contributed by atoms with E-state index in [9.17, 15) is 14.0 Å². The van der Waals surface area contributed by atoms with E-state index in [2.05, 4.69) is 41.8 Å². The standard InChI is InChI=1S/C14H9BrClFN2O.C14H10BrClN2O/c15-8-3-7-2-1-6-4-9(16)12(18)11(17)10(6)14(20)13(7)19-5-8;15-9-3-8-2-1-7-4-11(16)12(17)5-10(7)14(19)13(8)18-6-9/h3-5H,1-2,18H2;3-6H,1-2,17H2. The molecule has 6 rings (SSSR count). The highest BCUT2D eigenvalue weighted by Crippen LogP contribution is 2.34. The molecule has 11 heteroatoms. The first-order valence-electron chi connectivity index (χ1n) is 11.8. The number of nitrogens with zero attached hydrogens (tertiary/aromatic N) is 2. The zero-order valence-electron chi connectivity index (χ0n) is 20.1. The van der Waals surface area contributed by atoms with E-state index in [1.54, 1.807) is 24.4 Å². The van der Waals surface area contributed by atoms with Gasteiger partial charge in [-0.2, -0.15) is 0 Å². The lowest BCUT2D eigenvalue weighted by atomic mass is 10.00. The average Bonchev–Trinajstić information content (AvgIpc) is 3.11. The van der Waals surface area contributed by atoms with Gasteiger partial charge in [-0.15, -0.1) is 0 Å². The van der Waals surface area contributed by atoms with Crippen LogP contribution in [-0.2, 0) is 25.7 Å². The maximum absolute atomic E-state index is 14.3. The molecule has 0 atom stereocenters. The van der Waals surface area contributed by atoms with E-state index in [0.717, 1.165) is 38.5 Å². The second kappa shape index (κ2) is 11.0. The highest BCUT2D eigenvalue weighted by Gasteiger charge is 2.28. The molecule has 0 saturated heterocycles. The number of fused-ring (bicyclic) bond motifs is 4. The van der Waals surface area contributed by atoms with Crippen molar-refractivity contribution in [1.29, 1.82) is 0 Å². The lowest BCUT2D eigenvalue weighted by Crippen LogP contribution is -2.11. The summed E-state index contributed by atoms with van der Waals surface area (Å²) in [5.74, 6) is -1.28. The van der Waals surface area contributed by atoms with Crippen molar-refractivity contribution in [3.63, 3.8) is 0 Å². The van der Waals surface area contributed by atoms with Gasteiger partial charge in [0.15, 0.2) is 5.82 Å². The van der Waals surface area contributed by atoms with Gasteiger partial charge in [0.2, 0.25) is 11.6 Å². The largest absolute Gasteiger partial charge is 0.398 e. The number of anilines is 2. The number of hydrogen-bond donors (Lipinski definition) is 2. The van der Waals surface area contributed by atoms with Gasteiger partial charge in [0.05, 0.1) is 27.0 Å². The van der Waals surface area contributed by atoms with Gasteiger partial charge >= 0.3 is 0 Å². The summed E-state index contributed by atoms with van der Waals surface area (Å²) in [5, 5.41) is 0.626. The van der Waals surface area contributed by atoms with E-state index in [-0.39, 0.29) is 27.8 Å². The second-order valence-corrected chi connectivity index (χ2v) is 11.8. The van der Waals surface area contributed by atoms with E-state index in [1.165, 1.54) is 6.20 Å². The van der Waals surface area contributed by atoms with Crippen LogP contribution in [0.25, 0.3) is 0 Å². The van der Waals surface area contributed by atoms with Gasteiger partial charge in [-0.3, -0.25) is 19.6 Å². The van der Waals surface area contributed by atoms with Crippen LogP contribution in [0.4, 0.5) is 15.8 Å². The smallest absolute Gasteiger partial charge is 0.214 e. The van der Waals surface area contributed by atoms with Crippen molar-refractivity contribution in [2.24, 2.45) is 0 Å². The van der Waals surface area contributed by atoms with E-state index in [1.807, 2.05) is 12.1 Å². The van der Waals surface area contributed by atoms with Crippen LogP contribution in [0.15, 0.2) is 51.7 Å². The molecule has 0 bridgehead atoms. The fraction of sp³-hybridized carbons (Fsp3) is 0.143. The maximum Gasteiger partial charge on any atom is 0.214 e. The summed E-state index contributed by atoms with van der Waals surface area (Å²) in [6.45, 7) is 0. The van der Waals surface area contributed by atoms with Crippen molar-refractivity contribution in [3.05, 3.63) is 112 Å². The zero-order chi connectivity index (χ0) is 28.0. The predicted octanol–water partition coefficient (Wildman–Crippen LogP) is 6.96. The van der Waals surface area contributed by atoms with Crippen LogP contribution in [0, 0.1) is 5.82 Å². The van der Waals surface area contributed by atoms with Crippen molar-refractivity contribution in [2.75, 3.05) is 11.5 Å². The number of pyridine rings is 2. The number of rotatable bonds is 0. The van der Waals surface area contributed by atoms with Crippen molar-refractivity contribution < 1.29 is 14.0 Å². The average molecular weight is 693 g/mol. The van der Waals surface area contributed by atoms with Gasteiger partial charge < -0.3 is 11.5 Å². The third-order valence-electron chi connectivity index (χ3n) is 6.65. The minimum Gasteiger partial charge on any atom is -0.398 e. The highest BCUT2D eigenvalue weighted by atomic mass is 79.9. The monoisotopic (exact) mass is 690 g/mol. The Kier molecular flexibility index (Phi) is 7.79. The molecule has 2 aromatic carbocycles. The summed E-state index contributed by atoms with van der Waals surface area (Å²) in [7, 11) is 0. The van der Waals surface area contributed by atoms with Gasteiger partial charge in [-0.25, -0.2) is 4.39 Å². The molecule has 4 N–H and O–H groups in total. The first-order valence-corrected chi connectivity index (χ1v) is 14.1. The summed E-state index contributed by atoms with van der Waals surface area (Å²) >= 11 is 18.6. The molecule has 0 radical (unpaired) electrons. The number of carbonyl (C=O) groups excluding carboxylic acids is 2. The SMILES string of the molecule is Nc1c(Cl)cc2c(c1F)C(=O)c1ncc(Br)cc1CC2.Nc1cc2c(cc1Cl)CCc1cc(Br)cnc1C2=O. The predicted molar refractivity (Wildman–Crippen MR) is 157 cm³/mol. The zero-order valence-corrected chi connectivity index (χ0v) is 24.8. The number of aromatic nitrogens is 2. The Balaban J connectivity index is 0.000000158. The van der Waals surface area contributed by atoms with Crippen LogP contribution >= 0.6 is 55.1 Å². The Morgan fingerprint density at radius 3 is 1.85 bits per heavy atom. The van der Waals surface area contributed by atoms with Gasteiger partial charge in [0, 0.05) is 26.9 Å². The Bertz CT molecular complexity index is 1700. The summed E-state index contributed by atoms with van der Waals surface area (Å²) in [5.41, 5.74) is 16.2. The van der Waals surface area contributed by atoms with Crippen LogP contribution < -0.4 is 11.5 Å². The molecule has 198 valence electrons. The molecule has 0 aliphatic heterocycles. The topological polar surface area (TPSA) is 112 Å². The Morgan fingerprint density at radius 2 is 1.23 bits per heavy atom. The summed E-state index contributed by atoms with van der Waals surface area (Å²) in [6.07, 6.45) is 5.80. The van der Waals surface area contributed by atoms with Crippen LogP contribution in [-0.4, -0.2) is 21.5 Å². The summed E-state index contributed by atoms with van der Waals surface area (Å²) in [4.78, 5) is 33.4. The van der Waals surface area contributed by atoms with Crippen molar-refractivity contribution in [2.45, 2.75) is 25.7 Å². The number of nitrogens with two attached hydrogens (primary N) is 2. The fourth-order valence-corrected chi connectivity index (χ4v) is 5.87. The molecular weight excluding hydrogens is 674 g/mol. The molecule has 0 spiro atoms. The Labute approximate surface area is 250 Å². The fourth-order valence-electron chi connectivity index (χ4n) is 4.71. The first-order chi connectivity index (χ1) is 18.5. The molecule has 4 aromatic rings. The number of benzene rings is 2. The molecular formula is C28H19Br2Cl2FN4O2. The maximum atomic E-state index is 14.3. The number of aryl methyl sites for hydroxylation is 4. The van der Waals surface area contributed by atoms with Crippen LogP contribution in [0.3, 0.4) is 0 Å². The molecule has 6 nitrogen and oxygen atoms in total. The van der Waals surface area contributed by atoms with Crippen LogP contribution in [0.5, 0.6) is 0 Å². The third kappa shape index (κ3) is 5.33. The quantitative estimate of drug-likeness (QED) is 0.193. The van der Waals surface area contributed by atoms with E-state index >= 15 is 0 Å². The summed E-state index contributed by atoms with van der Waals surface area (Å²) < 4.78 is 15.9. The molecule has 2 aromatic heterocycles.